The van der Waals surface area contributed by atoms with E-state index in [9.17, 15) is 13.2 Å². The molecule has 0 aliphatic carbocycles. The normalized spacial score (nSPS) is 10.9. The van der Waals surface area contributed by atoms with Crippen molar-refractivity contribution in [3.8, 4) is 5.75 Å². The van der Waals surface area contributed by atoms with Gasteiger partial charge in [-0.3, -0.25) is 0 Å². The van der Waals surface area contributed by atoms with Crippen molar-refractivity contribution in [1.29, 1.82) is 0 Å². The fraction of sp³-hybridized carbons (Fsp3) is 0.300. The summed E-state index contributed by atoms with van der Waals surface area (Å²) >= 11 is 0. The Labute approximate surface area is 94.1 Å². The van der Waals surface area contributed by atoms with Crippen LogP contribution in [0.15, 0.2) is 18.2 Å². The predicted molar refractivity (Wildman–Crippen MR) is 58.0 cm³/mol. The summed E-state index contributed by atoms with van der Waals surface area (Å²) in [5, 5.41) is 0. The van der Waals surface area contributed by atoms with Crippen molar-refractivity contribution < 1.29 is 22.1 Å². The molecule has 1 rings (SSSR count). The fourth-order valence-electron chi connectivity index (χ4n) is 1.15. The van der Waals surface area contributed by atoms with Gasteiger partial charge in [-0.1, -0.05) is 0 Å². The molecule has 1 aromatic rings. The van der Waals surface area contributed by atoms with E-state index in [1.54, 1.807) is 6.92 Å². The Hall–Kier alpha value is -1.56. The molecule has 0 unspecified atom stereocenters. The van der Waals surface area contributed by atoms with Crippen molar-refractivity contribution in [3.05, 3.63) is 29.3 Å². The first-order chi connectivity index (χ1) is 7.33. The van der Waals surface area contributed by atoms with Crippen LogP contribution in [0.1, 0.15) is 15.9 Å². The van der Waals surface area contributed by atoms with E-state index in [4.69, 9.17) is 4.18 Å². The van der Waals surface area contributed by atoms with Crippen LogP contribution in [0, 0.1) is 6.92 Å². The molecule has 0 atom stereocenters. The average molecular weight is 244 g/mol. The van der Waals surface area contributed by atoms with Gasteiger partial charge in [0.2, 0.25) is 0 Å². The zero-order valence-electron chi connectivity index (χ0n) is 9.18. The summed E-state index contributed by atoms with van der Waals surface area (Å²) in [5.74, 6) is -0.274. The summed E-state index contributed by atoms with van der Waals surface area (Å²) < 4.78 is 31.1. The Bertz CT molecular complexity index is 504. The Morgan fingerprint density at radius 3 is 2.38 bits per heavy atom. The molecule has 5 nitrogen and oxygen atoms in total. The molecule has 0 fully saturated rings. The molecular weight excluding hydrogens is 232 g/mol. The minimum atomic E-state index is -3.55. The van der Waals surface area contributed by atoms with Crippen LogP contribution in [-0.2, 0) is 14.9 Å². The number of hydrogen-bond acceptors (Lipinski definition) is 5. The topological polar surface area (TPSA) is 69.7 Å². The molecule has 0 aromatic heterocycles. The van der Waals surface area contributed by atoms with Gasteiger partial charge in [0.05, 0.1) is 18.9 Å². The number of carbonyl (C=O) groups is 1. The molecule has 6 heteroatoms. The molecule has 0 saturated carbocycles. The molecular formula is C10H12O5S. The van der Waals surface area contributed by atoms with Crippen molar-refractivity contribution in [2.75, 3.05) is 13.4 Å². The van der Waals surface area contributed by atoms with Crippen LogP contribution >= 0.6 is 0 Å². The van der Waals surface area contributed by atoms with Gasteiger partial charge in [0.15, 0.2) is 0 Å². The first-order valence-electron chi connectivity index (χ1n) is 4.42. The Kier molecular flexibility index (Phi) is 3.54. The summed E-state index contributed by atoms with van der Waals surface area (Å²) in [7, 11) is -2.28. The standard InChI is InChI=1S/C10H12O5S/c1-7-6-8(10(11)14-2)4-5-9(7)15-16(3,12)13/h4-6H,1-3H3. The largest absolute Gasteiger partial charge is 0.465 e. The van der Waals surface area contributed by atoms with Gasteiger partial charge in [-0.2, -0.15) is 8.42 Å². The zero-order valence-corrected chi connectivity index (χ0v) is 10.00. The van der Waals surface area contributed by atoms with Gasteiger partial charge in [0.1, 0.15) is 5.75 Å². The average Bonchev–Trinajstić information content (AvgIpc) is 2.18. The number of carbonyl (C=O) groups excluding carboxylic acids is 1. The van der Waals surface area contributed by atoms with Gasteiger partial charge in [-0.05, 0) is 30.7 Å². The van der Waals surface area contributed by atoms with E-state index in [1.165, 1.54) is 25.3 Å². The second-order valence-corrected chi connectivity index (χ2v) is 4.83. The number of hydrogen-bond donors (Lipinski definition) is 0. The van der Waals surface area contributed by atoms with E-state index in [1.807, 2.05) is 0 Å². The highest BCUT2D eigenvalue weighted by molar-refractivity contribution is 7.86. The van der Waals surface area contributed by atoms with Crippen LogP contribution in [0.5, 0.6) is 5.75 Å². The number of ether oxygens (including phenoxy) is 1. The van der Waals surface area contributed by atoms with E-state index in [2.05, 4.69) is 4.74 Å². The summed E-state index contributed by atoms with van der Waals surface area (Å²) in [4.78, 5) is 11.2. The fourth-order valence-corrected chi connectivity index (χ4v) is 1.66. The molecule has 0 bridgehead atoms. The number of rotatable bonds is 3. The van der Waals surface area contributed by atoms with Gasteiger partial charge in [0, 0.05) is 0 Å². The van der Waals surface area contributed by atoms with Crippen LogP contribution in [0.2, 0.25) is 0 Å². The third-order valence-corrected chi connectivity index (χ3v) is 2.32. The highest BCUT2D eigenvalue weighted by Crippen LogP contribution is 2.20. The van der Waals surface area contributed by atoms with E-state index in [0.29, 0.717) is 11.1 Å². The second-order valence-electron chi connectivity index (χ2n) is 3.26. The number of esters is 1. The van der Waals surface area contributed by atoms with Crippen LogP contribution in [0.25, 0.3) is 0 Å². The van der Waals surface area contributed by atoms with Gasteiger partial charge >= 0.3 is 16.1 Å². The first-order valence-corrected chi connectivity index (χ1v) is 6.23. The Morgan fingerprint density at radius 1 is 1.31 bits per heavy atom. The molecule has 0 radical (unpaired) electrons. The van der Waals surface area contributed by atoms with Crippen LogP contribution in [0.3, 0.4) is 0 Å². The van der Waals surface area contributed by atoms with Crippen LogP contribution in [-0.4, -0.2) is 27.8 Å². The summed E-state index contributed by atoms with van der Waals surface area (Å²) in [6.45, 7) is 1.65. The monoisotopic (exact) mass is 244 g/mol. The lowest BCUT2D eigenvalue weighted by molar-refractivity contribution is 0.0600. The highest BCUT2D eigenvalue weighted by atomic mass is 32.2. The molecule has 0 amide bonds. The van der Waals surface area contributed by atoms with Crippen molar-refractivity contribution in [3.63, 3.8) is 0 Å². The Balaban J connectivity index is 3.05. The van der Waals surface area contributed by atoms with Crippen molar-refractivity contribution in [1.82, 2.24) is 0 Å². The maximum atomic E-state index is 11.2. The summed E-state index contributed by atoms with van der Waals surface area (Å²) in [6, 6.07) is 4.37. The van der Waals surface area contributed by atoms with E-state index in [-0.39, 0.29) is 5.75 Å². The molecule has 0 N–H and O–H groups in total. The number of aryl methyl sites for hydroxylation is 1. The van der Waals surface area contributed by atoms with Gasteiger partial charge in [-0.25, -0.2) is 4.79 Å². The number of benzene rings is 1. The maximum absolute atomic E-state index is 11.2. The lowest BCUT2D eigenvalue weighted by Gasteiger charge is -2.07. The molecule has 0 heterocycles. The van der Waals surface area contributed by atoms with Crippen molar-refractivity contribution >= 4 is 16.1 Å². The maximum Gasteiger partial charge on any atom is 0.337 e. The highest BCUT2D eigenvalue weighted by Gasteiger charge is 2.11. The molecule has 16 heavy (non-hydrogen) atoms. The lowest BCUT2D eigenvalue weighted by atomic mass is 10.1. The Morgan fingerprint density at radius 2 is 1.94 bits per heavy atom. The third-order valence-electron chi connectivity index (χ3n) is 1.84. The SMILES string of the molecule is COC(=O)c1ccc(OS(C)(=O)=O)c(C)c1. The minimum absolute atomic E-state index is 0.204. The van der Waals surface area contributed by atoms with Crippen molar-refractivity contribution in [2.24, 2.45) is 0 Å². The smallest absolute Gasteiger partial charge is 0.337 e. The van der Waals surface area contributed by atoms with E-state index < -0.39 is 16.1 Å². The molecule has 0 aliphatic rings. The molecule has 88 valence electrons. The molecule has 0 spiro atoms. The predicted octanol–water partition coefficient (Wildman–Crippen LogP) is 1.12. The summed E-state index contributed by atoms with van der Waals surface area (Å²) in [6.07, 6.45) is 0.959. The van der Waals surface area contributed by atoms with Gasteiger partial charge in [-0.15, -0.1) is 0 Å². The number of methoxy groups -OCH3 is 1. The molecule has 0 aliphatic heterocycles. The summed E-state index contributed by atoms with van der Waals surface area (Å²) in [5.41, 5.74) is 0.897. The lowest BCUT2D eigenvalue weighted by Crippen LogP contribution is -2.08. The third kappa shape index (κ3) is 3.23. The van der Waals surface area contributed by atoms with Crippen molar-refractivity contribution in [2.45, 2.75) is 6.92 Å². The van der Waals surface area contributed by atoms with Crippen LogP contribution < -0.4 is 4.18 Å². The second kappa shape index (κ2) is 4.52. The molecule has 1 aromatic carbocycles. The van der Waals surface area contributed by atoms with Gasteiger partial charge < -0.3 is 8.92 Å². The van der Waals surface area contributed by atoms with Gasteiger partial charge in [0.25, 0.3) is 0 Å². The van der Waals surface area contributed by atoms with E-state index in [0.717, 1.165) is 6.26 Å². The first kappa shape index (κ1) is 12.5. The van der Waals surface area contributed by atoms with E-state index >= 15 is 0 Å². The minimum Gasteiger partial charge on any atom is -0.465 e. The van der Waals surface area contributed by atoms with Crippen LogP contribution in [0.4, 0.5) is 0 Å². The molecule has 0 saturated heterocycles. The quantitative estimate of drug-likeness (QED) is 0.588. The zero-order chi connectivity index (χ0) is 12.3.